The van der Waals surface area contributed by atoms with E-state index in [-0.39, 0.29) is 6.54 Å². The lowest BCUT2D eigenvalue weighted by molar-refractivity contribution is -0.238. The Morgan fingerprint density at radius 3 is 2.57 bits per heavy atom. The predicted octanol–water partition coefficient (Wildman–Crippen LogP) is -1.94. The zero-order chi connectivity index (χ0) is 10.7. The minimum atomic E-state index is -1.37. The van der Waals surface area contributed by atoms with Crippen molar-refractivity contribution in [2.75, 3.05) is 6.54 Å². The van der Waals surface area contributed by atoms with Gasteiger partial charge >= 0.3 is 0 Å². The van der Waals surface area contributed by atoms with Crippen LogP contribution in [0.2, 0.25) is 0 Å². The van der Waals surface area contributed by atoms with Gasteiger partial charge in [-0.1, -0.05) is 5.11 Å². The molecule has 1 rings (SSSR count). The molecule has 80 valence electrons. The molecule has 5 N–H and O–H groups in total. The SMILES string of the molecule is [N-]=[N+]=NC[C@H]1OC(O)[C@H](N)[C@@H](O)[C@@H]1O. The minimum Gasteiger partial charge on any atom is -0.388 e. The third-order valence-electron chi connectivity index (χ3n) is 2.09. The van der Waals surface area contributed by atoms with E-state index >= 15 is 0 Å². The molecule has 14 heavy (non-hydrogen) atoms. The highest BCUT2D eigenvalue weighted by Crippen LogP contribution is 2.18. The van der Waals surface area contributed by atoms with Crippen LogP contribution in [0.1, 0.15) is 0 Å². The first-order valence-corrected chi connectivity index (χ1v) is 4.04. The Bertz CT molecular complexity index is 244. The van der Waals surface area contributed by atoms with Gasteiger partial charge in [0.25, 0.3) is 0 Å². The fourth-order valence-electron chi connectivity index (χ4n) is 1.23. The quantitative estimate of drug-likeness (QED) is 0.235. The van der Waals surface area contributed by atoms with Crippen molar-refractivity contribution >= 4 is 0 Å². The van der Waals surface area contributed by atoms with Gasteiger partial charge in [0.1, 0.15) is 12.2 Å². The van der Waals surface area contributed by atoms with Crippen LogP contribution in [0.4, 0.5) is 0 Å². The number of nitrogens with two attached hydrogens (primary N) is 1. The van der Waals surface area contributed by atoms with Crippen LogP contribution in [0.25, 0.3) is 10.4 Å². The summed E-state index contributed by atoms with van der Waals surface area (Å²) in [6, 6.07) is -1.06. The van der Waals surface area contributed by atoms with E-state index in [1.807, 2.05) is 0 Å². The number of rotatable bonds is 2. The normalized spacial score (nSPS) is 43.0. The maximum Gasteiger partial charge on any atom is 0.172 e. The summed E-state index contributed by atoms with van der Waals surface area (Å²) in [5.41, 5.74) is 13.4. The molecule has 1 heterocycles. The van der Waals surface area contributed by atoms with Gasteiger partial charge in [-0.25, -0.2) is 0 Å². The van der Waals surface area contributed by atoms with Gasteiger partial charge in [0.2, 0.25) is 0 Å². The Labute approximate surface area is 79.5 Å². The summed E-state index contributed by atoms with van der Waals surface area (Å²) < 4.78 is 4.84. The highest BCUT2D eigenvalue weighted by molar-refractivity contribution is 4.91. The van der Waals surface area contributed by atoms with Crippen molar-refractivity contribution < 1.29 is 20.1 Å². The number of hydrogen-bond donors (Lipinski definition) is 4. The Morgan fingerprint density at radius 2 is 2.00 bits per heavy atom. The minimum absolute atomic E-state index is 0.168. The number of azide groups is 1. The lowest BCUT2D eigenvalue weighted by Gasteiger charge is -2.38. The van der Waals surface area contributed by atoms with E-state index in [1.54, 1.807) is 0 Å². The number of nitrogens with zero attached hydrogens (tertiary/aromatic N) is 3. The van der Waals surface area contributed by atoms with E-state index in [4.69, 9.17) is 16.0 Å². The highest BCUT2D eigenvalue weighted by atomic mass is 16.6. The number of hydrogen-bond acceptors (Lipinski definition) is 6. The van der Waals surface area contributed by atoms with Crippen molar-refractivity contribution in [3.63, 3.8) is 0 Å². The van der Waals surface area contributed by atoms with E-state index in [9.17, 15) is 15.3 Å². The van der Waals surface area contributed by atoms with Gasteiger partial charge in [-0.3, -0.25) is 0 Å². The Kier molecular flexibility index (Phi) is 3.64. The van der Waals surface area contributed by atoms with Gasteiger partial charge in [-0.15, -0.1) is 0 Å². The molecule has 1 aliphatic heterocycles. The summed E-state index contributed by atoms with van der Waals surface area (Å²) in [5.74, 6) is 0. The van der Waals surface area contributed by atoms with Crippen LogP contribution in [-0.2, 0) is 4.74 Å². The molecule has 5 atom stereocenters. The van der Waals surface area contributed by atoms with E-state index < -0.39 is 30.6 Å². The molecular weight excluding hydrogens is 192 g/mol. The Balaban J connectivity index is 2.64. The van der Waals surface area contributed by atoms with Crippen molar-refractivity contribution in [2.24, 2.45) is 10.8 Å². The molecule has 0 aliphatic carbocycles. The van der Waals surface area contributed by atoms with Crippen LogP contribution in [0.5, 0.6) is 0 Å². The van der Waals surface area contributed by atoms with Gasteiger partial charge in [-0.2, -0.15) is 0 Å². The van der Waals surface area contributed by atoms with Crippen LogP contribution in [0.3, 0.4) is 0 Å². The second-order valence-corrected chi connectivity index (χ2v) is 3.04. The summed E-state index contributed by atoms with van der Waals surface area (Å²) in [4.78, 5) is 2.47. The largest absolute Gasteiger partial charge is 0.388 e. The maximum absolute atomic E-state index is 9.40. The van der Waals surface area contributed by atoms with Crippen LogP contribution in [0.15, 0.2) is 5.11 Å². The average molecular weight is 204 g/mol. The molecule has 8 heteroatoms. The smallest absolute Gasteiger partial charge is 0.172 e. The van der Waals surface area contributed by atoms with Gasteiger partial charge in [-0.05, 0) is 5.53 Å². The molecule has 0 aromatic heterocycles. The first-order valence-electron chi connectivity index (χ1n) is 4.04. The summed E-state index contributed by atoms with van der Waals surface area (Å²) in [6.07, 6.45) is -4.86. The summed E-state index contributed by atoms with van der Waals surface area (Å²) in [7, 11) is 0. The lowest BCUT2D eigenvalue weighted by Crippen LogP contribution is -2.61. The van der Waals surface area contributed by atoms with E-state index in [0.717, 1.165) is 0 Å². The van der Waals surface area contributed by atoms with Crippen molar-refractivity contribution in [1.82, 2.24) is 0 Å². The van der Waals surface area contributed by atoms with Crippen LogP contribution in [0, 0.1) is 0 Å². The average Bonchev–Trinajstić information content (AvgIpc) is 2.18. The standard InChI is InChI=1S/C6H12N4O4/c7-3-5(12)4(11)2(1-9-10-8)14-6(3)13/h2-6,11-13H,1,7H2/t2-,3-,4-,5-,6?/m1/s1. The topological polar surface area (TPSA) is 145 Å². The van der Waals surface area contributed by atoms with Crippen LogP contribution < -0.4 is 5.73 Å². The molecule has 1 saturated heterocycles. The zero-order valence-electron chi connectivity index (χ0n) is 7.26. The highest BCUT2D eigenvalue weighted by Gasteiger charge is 2.41. The van der Waals surface area contributed by atoms with Gasteiger partial charge in [0.05, 0.1) is 18.7 Å². The van der Waals surface area contributed by atoms with E-state index in [1.165, 1.54) is 0 Å². The lowest BCUT2D eigenvalue weighted by atomic mass is 9.98. The van der Waals surface area contributed by atoms with Gasteiger partial charge < -0.3 is 25.8 Å². The Morgan fingerprint density at radius 1 is 1.36 bits per heavy atom. The first kappa shape index (κ1) is 11.2. The van der Waals surface area contributed by atoms with Crippen molar-refractivity contribution in [3.8, 4) is 0 Å². The molecule has 1 aliphatic rings. The zero-order valence-corrected chi connectivity index (χ0v) is 7.26. The van der Waals surface area contributed by atoms with Gasteiger partial charge in [0, 0.05) is 4.91 Å². The van der Waals surface area contributed by atoms with Crippen molar-refractivity contribution in [1.29, 1.82) is 0 Å². The summed E-state index contributed by atoms with van der Waals surface area (Å²) in [6.45, 7) is -0.168. The fraction of sp³-hybridized carbons (Fsp3) is 1.00. The van der Waals surface area contributed by atoms with E-state index in [2.05, 4.69) is 10.0 Å². The molecule has 1 fully saturated rings. The summed E-state index contributed by atoms with van der Waals surface area (Å²) >= 11 is 0. The van der Waals surface area contributed by atoms with Crippen molar-refractivity contribution in [3.05, 3.63) is 10.4 Å². The first-order chi connectivity index (χ1) is 6.57. The molecule has 0 aromatic rings. The Hall–Kier alpha value is -0.890. The number of aliphatic hydroxyl groups is 3. The third kappa shape index (κ3) is 2.13. The van der Waals surface area contributed by atoms with Gasteiger partial charge in [0.15, 0.2) is 6.29 Å². The number of aliphatic hydroxyl groups excluding tert-OH is 3. The molecule has 0 saturated carbocycles. The molecular formula is C6H12N4O4. The van der Waals surface area contributed by atoms with Crippen LogP contribution >= 0.6 is 0 Å². The third-order valence-corrected chi connectivity index (χ3v) is 2.09. The number of ether oxygens (including phenoxy) is 1. The predicted molar refractivity (Wildman–Crippen MR) is 44.9 cm³/mol. The molecule has 8 nitrogen and oxygen atoms in total. The molecule has 0 amide bonds. The summed E-state index contributed by atoms with van der Waals surface area (Å²) in [5, 5.41) is 31.1. The fourth-order valence-corrected chi connectivity index (χ4v) is 1.23. The maximum atomic E-state index is 9.40. The molecule has 0 aromatic carbocycles. The monoisotopic (exact) mass is 204 g/mol. The molecule has 1 unspecified atom stereocenters. The van der Waals surface area contributed by atoms with Crippen LogP contribution in [-0.4, -0.2) is 52.5 Å². The second kappa shape index (κ2) is 4.56. The molecule has 0 bridgehead atoms. The second-order valence-electron chi connectivity index (χ2n) is 3.04. The molecule has 0 radical (unpaired) electrons. The van der Waals surface area contributed by atoms with E-state index in [0.29, 0.717) is 0 Å². The molecule has 0 spiro atoms. The van der Waals surface area contributed by atoms with Crippen molar-refractivity contribution in [2.45, 2.75) is 30.6 Å².